The minimum atomic E-state index is -0.536. The number of nitrogens with zero attached hydrogens (tertiary/aromatic N) is 1. The number of ether oxygens (including phenoxy) is 1. The van der Waals surface area contributed by atoms with E-state index in [1.54, 1.807) is 6.92 Å². The lowest BCUT2D eigenvalue weighted by Gasteiger charge is -2.13. The van der Waals surface area contributed by atoms with Gasteiger partial charge in [-0.05, 0) is 36.8 Å². The fraction of sp³-hybridized carbons (Fsp3) is 0.250. The van der Waals surface area contributed by atoms with E-state index in [1.807, 2.05) is 43.3 Å². The summed E-state index contributed by atoms with van der Waals surface area (Å²) in [5.74, 6) is -0.836. The third-order valence-corrected chi connectivity index (χ3v) is 4.53. The molecule has 7 heteroatoms. The zero-order valence-electron chi connectivity index (χ0n) is 13.5. The van der Waals surface area contributed by atoms with Gasteiger partial charge in [0.2, 0.25) is 0 Å². The van der Waals surface area contributed by atoms with Crippen LogP contribution < -0.4 is 16.0 Å². The summed E-state index contributed by atoms with van der Waals surface area (Å²) in [4.78, 5) is 26.5. The smallest absolute Gasteiger partial charge is 0.341 e. The van der Waals surface area contributed by atoms with Crippen molar-refractivity contribution in [3.63, 3.8) is 0 Å². The Morgan fingerprint density at radius 2 is 1.83 bits per heavy atom. The maximum Gasteiger partial charge on any atom is 0.341 e. The second kappa shape index (κ2) is 6.70. The van der Waals surface area contributed by atoms with Gasteiger partial charge in [-0.3, -0.25) is 4.79 Å². The van der Waals surface area contributed by atoms with E-state index in [0.29, 0.717) is 16.1 Å². The van der Waals surface area contributed by atoms with Crippen molar-refractivity contribution >= 4 is 39.6 Å². The highest BCUT2D eigenvalue weighted by Gasteiger charge is 2.23. The number of hydrogen-bond acceptors (Lipinski definition) is 6. The van der Waals surface area contributed by atoms with Gasteiger partial charge in [0.15, 0.2) is 0 Å². The molecule has 0 atom stereocenters. The van der Waals surface area contributed by atoms with Gasteiger partial charge in [0.05, 0.1) is 17.6 Å². The largest absolute Gasteiger partial charge is 0.465 e. The molecule has 1 heterocycles. The number of nitrogen functional groups attached to an aromatic ring is 1. The second-order valence-electron chi connectivity index (χ2n) is 5.18. The highest BCUT2D eigenvalue weighted by atomic mass is 32.1. The minimum absolute atomic E-state index is 0.255. The number of anilines is 3. The zero-order valence-corrected chi connectivity index (χ0v) is 14.3. The molecule has 0 fully saturated rings. The first-order valence-corrected chi connectivity index (χ1v) is 7.72. The molecule has 0 aliphatic rings. The molecular formula is C16H19N3O3S. The molecule has 0 saturated carbocycles. The maximum absolute atomic E-state index is 12.4. The number of carbonyl (C=O) groups is 2. The molecule has 0 radical (unpaired) electrons. The lowest BCUT2D eigenvalue weighted by molar-refractivity contribution is 0.0601. The number of nitrogens with two attached hydrogens (primary N) is 1. The van der Waals surface area contributed by atoms with Crippen LogP contribution in [0.15, 0.2) is 24.3 Å². The van der Waals surface area contributed by atoms with Crippen molar-refractivity contribution in [1.29, 1.82) is 0 Å². The van der Waals surface area contributed by atoms with Gasteiger partial charge in [0.25, 0.3) is 5.91 Å². The predicted molar refractivity (Wildman–Crippen MR) is 93.5 cm³/mol. The number of benzene rings is 1. The van der Waals surface area contributed by atoms with Crippen LogP contribution in [0.3, 0.4) is 0 Å². The van der Waals surface area contributed by atoms with Crippen LogP contribution in [-0.2, 0) is 4.74 Å². The number of nitrogens with one attached hydrogen (secondary N) is 1. The Hall–Kier alpha value is -2.54. The lowest BCUT2D eigenvalue weighted by Crippen LogP contribution is -2.13. The molecule has 0 aliphatic carbocycles. The Morgan fingerprint density at radius 3 is 2.35 bits per heavy atom. The van der Waals surface area contributed by atoms with Crippen molar-refractivity contribution < 1.29 is 14.3 Å². The molecule has 3 N–H and O–H groups in total. The van der Waals surface area contributed by atoms with E-state index in [4.69, 9.17) is 10.5 Å². The average molecular weight is 333 g/mol. The Morgan fingerprint density at radius 1 is 1.22 bits per heavy atom. The number of rotatable bonds is 4. The lowest BCUT2D eigenvalue weighted by atomic mass is 10.1. The molecule has 1 aromatic carbocycles. The van der Waals surface area contributed by atoms with Crippen LogP contribution in [0, 0.1) is 6.92 Å². The number of carbonyl (C=O) groups excluding carboxylic acids is 2. The van der Waals surface area contributed by atoms with Crippen LogP contribution in [0.2, 0.25) is 0 Å². The third kappa shape index (κ3) is 3.45. The summed E-state index contributed by atoms with van der Waals surface area (Å²) in [7, 11) is 5.17. The van der Waals surface area contributed by atoms with Gasteiger partial charge in [0, 0.05) is 25.5 Å². The maximum atomic E-state index is 12.4. The van der Waals surface area contributed by atoms with E-state index < -0.39 is 5.97 Å². The van der Waals surface area contributed by atoms with Crippen molar-refractivity contribution in [3.05, 3.63) is 40.3 Å². The highest BCUT2D eigenvalue weighted by molar-refractivity contribution is 7.18. The summed E-state index contributed by atoms with van der Waals surface area (Å²) in [6.07, 6.45) is 0. The molecule has 2 aromatic rings. The van der Waals surface area contributed by atoms with Crippen molar-refractivity contribution in [3.8, 4) is 0 Å². The molecule has 0 aliphatic heterocycles. The van der Waals surface area contributed by atoms with Gasteiger partial charge in [-0.1, -0.05) is 0 Å². The predicted octanol–water partition coefficient (Wildman–Crippen LogP) is 2.74. The Balaban J connectivity index is 2.23. The van der Waals surface area contributed by atoms with Crippen LogP contribution in [-0.4, -0.2) is 33.1 Å². The van der Waals surface area contributed by atoms with E-state index in [0.717, 1.165) is 17.0 Å². The second-order valence-corrected chi connectivity index (χ2v) is 6.23. The molecule has 0 spiro atoms. The van der Waals surface area contributed by atoms with Crippen LogP contribution in [0.4, 0.5) is 16.4 Å². The topological polar surface area (TPSA) is 84.7 Å². The first kappa shape index (κ1) is 16.8. The zero-order chi connectivity index (χ0) is 17.1. The summed E-state index contributed by atoms with van der Waals surface area (Å²) in [5.41, 5.74) is 8.33. The van der Waals surface area contributed by atoms with E-state index in [-0.39, 0.29) is 16.5 Å². The minimum Gasteiger partial charge on any atom is -0.465 e. The van der Waals surface area contributed by atoms with Gasteiger partial charge < -0.3 is 20.7 Å². The standard InChI is InChI=1S/C16H19N3O3S/c1-9-12(16(21)22-4)14(17)23-13(9)15(20)18-10-5-7-11(8-6-10)19(2)3/h5-8H,17H2,1-4H3,(H,18,20). The van der Waals surface area contributed by atoms with Gasteiger partial charge in [-0.15, -0.1) is 11.3 Å². The first-order chi connectivity index (χ1) is 10.8. The Bertz CT molecular complexity index is 736. The van der Waals surface area contributed by atoms with Gasteiger partial charge >= 0.3 is 5.97 Å². The van der Waals surface area contributed by atoms with Crippen LogP contribution in [0.25, 0.3) is 0 Å². The summed E-state index contributed by atoms with van der Waals surface area (Å²) in [6, 6.07) is 7.46. The number of amides is 1. The fourth-order valence-corrected chi connectivity index (χ4v) is 3.10. The van der Waals surface area contributed by atoms with E-state index >= 15 is 0 Å². The summed E-state index contributed by atoms with van der Waals surface area (Å²) in [5, 5.41) is 3.09. The van der Waals surface area contributed by atoms with Gasteiger partial charge in [-0.2, -0.15) is 0 Å². The Kier molecular flexibility index (Phi) is 4.90. The van der Waals surface area contributed by atoms with Crippen LogP contribution in [0.1, 0.15) is 25.6 Å². The monoisotopic (exact) mass is 333 g/mol. The number of thiophene rings is 1. The molecule has 6 nitrogen and oxygen atoms in total. The van der Waals surface area contributed by atoms with Crippen LogP contribution >= 0.6 is 11.3 Å². The summed E-state index contributed by atoms with van der Waals surface area (Å²) in [6.45, 7) is 1.68. The Labute approximate surface area is 138 Å². The number of esters is 1. The number of methoxy groups -OCH3 is 1. The fourth-order valence-electron chi connectivity index (χ4n) is 2.14. The molecule has 122 valence electrons. The summed E-state index contributed by atoms with van der Waals surface area (Å²) < 4.78 is 4.70. The molecule has 2 rings (SSSR count). The molecule has 1 amide bonds. The summed E-state index contributed by atoms with van der Waals surface area (Å²) >= 11 is 1.08. The normalized spacial score (nSPS) is 10.3. The van der Waals surface area contributed by atoms with Crippen molar-refractivity contribution in [1.82, 2.24) is 0 Å². The van der Waals surface area contributed by atoms with Crippen molar-refractivity contribution in [2.24, 2.45) is 0 Å². The molecule has 0 saturated heterocycles. The van der Waals surface area contributed by atoms with Crippen molar-refractivity contribution in [2.45, 2.75) is 6.92 Å². The van der Waals surface area contributed by atoms with Gasteiger partial charge in [-0.25, -0.2) is 4.79 Å². The quantitative estimate of drug-likeness (QED) is 0.841. The molecular weight excluding hydrogens is 314 g/mol. The van der Waals surface area contributed by atoms with Gasteiger partial charge in [0.1, 0.15) is 5.00 Å². The van der Waals surface area contributed by atoms with Crippen molar-refractivity contribution in [2.75, 3.05) is 37.2 Å². The number of hydrogen-bond donors (Lipinski definition) is 2. The average Bonchev–Trinajstić information content (AvgIpc) is 2.82. The first-order valence-electron chi connectivity index (χ1n) is 6.91. The molecule has 23 heavy (non-hydrogen) atoms. The van der Waals surface area contributed by atoms with E-state index in [1.165, 1.54) is 7.11 Å². The molecule has 1 aromatic heterocycles. The highest BCUT2D eigenvalue weighted by Crippen LogP contribution is 2.31. The van der Waals surface area contributed by atoms with E-state index in [9.17, 15) is 9.59 Å². The third-order valence-electron chi connectivity index (χ3n) is 3.41. The molecule has 0 unspecified atom stereocenters. The SMILES string of the molecule is COC(=O)c1c(N)sc(C(=O)Nc2ccc(N(C)C)cc2)c1C. The molecule has 0 bridgehead atoms. The van der Waals surface area contributed by atoms with E-state index in [2.05, 4.69) is 5.32 Å². The van der Waals surface area contributed by atoms with Crippen LogP contribution in [0.5, 0.6) is 0 Å².